The van der Waals surface area contributed by atoms with E-state index in [4.69, 9.17) is 5.11 Å². The number of nitrogens with zero attached hydrogens (tertiary/aromatic N) is 1. The summed E-state index contributed by atoms with van der Waals surface area (Å²) in [5.41, 5.74) is 1.10. The lowest BCUT2D eigenvalue weighted by atomic mass is 10.1. The van der Waals surface area contributed by atoms with Crippen LogP contribution in [0.5, 0.6) is 0 Å². The minimum absolute atomic E-state index is 0.118. The summed E-state index contributed by atoms with van der Waals surface area (Å²) >= 11 is 3.16. The molecular weight excluding hydrogens is 296 g/mol. The van der Waals surface area contributed by atoms with Crippen molar-refractivity contribution < 1.29 is 14.7 Å². The molecule has 2 heterocycles. The second-order valence-corrected chi connectivity index (χ2v) is 7.32. The fraction of sp³-hybridized carbons (Fsp3) is 0.538. The number of thioether (sulfide) groups is 1. The maximum atomic E-state index is 12.2. The fourth-order valence-corrected chi connectivity index (χ4v) is 4.44. The molecule has 1 saturated heterocycles. The highest BCUT2D eigenvalue weighted by Crippen LogP contribution is 2.27. The number of carboxylic acids is 1. The highest BCUT2D eigenvalue weighted by molar-refractivity contribution is 7.99. The van der Waals surface area contributed by atoms with Crippen LogP contribution < -0.4 is 5.32 Å². The van der Waals surface area contributed by atoms with Crippen molar-refractivity contribution in [2.45, 2.75) is 32.9 Å². The van der Waals surface area contributed by atoms with Crippen molar-refractivity contribution in [3.63, 3.8) is 0 Å². The predicted molar refractivity (Wildman–Crippen MR) is 81.3 cm³/mol. The van der Waals surface area contributed by atoms with Crippen LogP contribution in [0.25, 0.3) is 0 Å². The Balaban J connectivity index is 2.04. The van der Waals surface area contributed by atoms with E-state index in [1.54, 1.807) is 11.3 Å². The Labute approximate surface area is 126 Å². The fourth-order valence-electron chi connectivity index (χ4n) is 2.27. The third-order valence-electron chi connectivity index (χ3n) is 3.31. The van der Waals surface area contributed by atoms with Gasteiger partial charge in [-0.15, -0.1) is 23.1 Å². The number of rotatable bonds is 3. The van der Waals surface area contributed by atoms with Crippen molar-refractivity contribution in [3.8, 4) is 0 Å². The Morgan fingerprint density at radius 1 is 1.50 bits per heavy atom. The molecule has 2 N–H and O–H groups in total. The maximum absolute atomic E-state index is 12.2. The van der Waals surface area contributed by atoms with Crippen molar-refractivity contribution in [1.29, 1.82) is 0 Å². The molecule has 1 aromatic heterocycles. The lowest BCUT2D eigenvalue weighted by molar-refractivity contribution is -0.140. The van der Waals surface area contributed by atoms with E-state index < -0.39 is 12.0 Å². The normalized spacial score (nSPS) is 19.9. The number of hydrogen-bond acceptors (Lipinski definition) is 4. The molecule has 5 nitrogen and oxygen atoms in total. The van der Waals surface area contributed by atoms with Crippen molar-refractivity contribution in [3.05, 3.63) is 21.4 Å². The number of aryl methyl sites for hydroxylation is 2. The number of hydrogen-bond donors (Lipinski definition) is 2. The topological polar surface area (TPSA) is 69.6 Å². The highest BCUT2D eigenvalue weighted by atomic mass is 32.2. The number of carbonyl (C=O) groups excluding carboxylic acids is 1. The number of amides is 2. The summed E-state index contributed by atoms with van der Waals surface area (Å²) in [7, 11) is 0. The van der Waals surface area contributed by atoms with E-state index in [9.17, 15) is 9.59 Å². The Bertz CT molecular complexity index is 530. The first kappa shape index (κ1) is 15.2. The molecule has 0 aromatic carbocycles. The van der Waals surface area contributed by atoms with Gasteiger partial charge in [0.15, 0.2) is 0 Å². The van der Waals surface area contributed by atoms with Gasteiger partial charge in [-0.2, -0.15) is 0 Å². The zero-order valence-corrected chi connectivity index (χ0v) is 13.3. The summed E-state index contributed by atoms with van der Waals surface area (Å²) in [4.78, 5) is 27.1. The zero-order chi connectivity index (χ0) is 14.9. The van der Waals surface area contributed by atoms with Gasteiger partial charge >= 0.3 is 12.0 Å². The van der Waals surface area contributed by atoms with Crippen LogP contribution >= 0.6 is 23.1 Å². The van der Waals surface area contributed by atoms with Gasteiger partial charge in [0.1, 0.15) is 6.04 Å². The lowest BCUT2D eigenvalue weighted by Gasteiger charge is -2.23. The molecule has 0 aliphatic carbocycles. The molecule has 0 spiro atoms. The lowest BCUT2D eigenvalue weighted by Crippen LogP contribution is -2.47. The molecule has 1 unspecified atom stereocenters. The van der Waals surface area contributed by atoms with Crippen LogP contribution in [0.2, 0.25) is 0 Å². The Kier molecular flexibility index (Phi) is 4.59. The maximum Gasteiger partial charge on any atom is 0.327 e. The molecule has 7 heteroatoms. The summed E-state index contributed by atoms with van der Waals surface area (Å²) in [6.07, 6.45) is 0. The number of thiophene rings is 1. The quantitative estimate of drug-likeness (QED) is 0.900. The monoisotopic (exact) mass is 314 g/mol. The molecule has 1 aliphatic heterocycles. The van der Waals surface area contributed by atoms with Gasteiger partial charge in [0.05, 0.1) is 11.9 Å². The number of carbonyl (C=O) groups is 2. The summed E-state index contributed by atoms with van der Waals surface area (Å²) in [5.74, 6) is -0.0643. The van der Waals surface area contributed by atoms with E-state index in [1.165, 1.54) is 26.4 Å². The first-order valence-electron chi connectivity index (χ1n) is 6.34. The Morgan fingerprint density at radius 3 is 2.75 bits per heavy atom. The van der Waals surface area contributed by atoms with E-state index >= 15 is 0 Å². The van der Waals surface area contributed by atoms with E-state index in [0.717, 1.165) is 5.56 Å². The first-order valence-corrected chi connectivity index (χ1v) is 8.32. The standard InChI is InChI=1S/C13H18N2O3S2/c1-7-4-10(9(3)20-7)8(2)14-13(18)15-6-19-5-11(15)12(16)17/h4,8,11H,5-6H2,1-3H3,(H,14,18)(H,16,17)/t8?,11-/m0/s1. The van der Waals surface area contributed by atoms with Gasteiger partial charge in [-0.05, 0) is 32.4 Å². The summed E-state index contributed by atoms with van der Waals surface area (Å²) < 4.78 is 0. The van der Waals surface area contributed by atoms with Crippen LogP contribution in [0.15, 0.2) is 6.07 Å². The summed E-state index contributed by atoms with van der Waals surface area (Å²) in [6.45, 7) is 5.99. The molecule has 0 bridgehead atoms. The van der Waals surface area contributed by atoms with Crippen LogP contribution in [-0.2, 0) is 4.79 Å². The van der Waals surface area contributed by atoms with E-state index in [2.05, 4.69) is 11.4 Å². The molecule has 2 rings (SSSR count). The van der Waals surface area contributed by atoms with E-state index in [-0.39, 0.29) is 12.1 Å². The van der Waals surface area contributed by atoms with Crippen molar-refractivity contribution in [2.24, 2.45) is 0 Å². The largest absolute Gasteiger partial charge is 0.480 e. The third-order valence-corrected chi connectivity index (χ3v) is 5.31. The van der Waals surface area contributed by atoms with E-state index in [0.29, 0.717) is 11.6 Å². The summed E-state index contributed by atoms with van der Waals surface area (Å²) in [5, 5.41) is 12.0. The predicted octanol–water partition coefficient (Wildman–Crippen LogP) is 2.60. The van der Waals surface area contributed by atoms with Gasteiger partial charge in [-0.3, -0.25) is 0 Å². The number of aliphatic carboxylic acids is 1. The summed E-state index contributed by atoms with van der Waals surface area (Å²) in [6, 6.07) is 0.918. The number of carboxylic acid groups (broad SMARTS) is 1. The van der Waals surface area contributed by atoms with Crippen molar-refractivity contribution >= 4 is 35.1 Å². The first-order chi connectivity index (χ1) is 9.40. The van der Waals surface area contributed by atoms with Gasteiger partial charge in [-0.1, -0.05) is 0 Å². The number of nitrogens with one attached hydrogen (secondary N) is 1. The van der Waals surface area contributed by atoms with Gasteiger partial charge in [0, 0.05) is 15.5 Å². The molecule has 2 amide bonds. The Hall–Kier alpha value is -1.21. The Morgan fingerprint density at radius 2 is 2.20 bits per heavy atom. The molecule has 20 heavy (non-hydrogen) atoms. The minimum Gasteiger partial charge on any atom is -0.480 e. The van der Waals surface area contributed by atoms with Crippen LogP contribution in [0.4, 0.5) is 4.79 Å². The smallest absolute Gasteiger partial charge is 0.327 e. The average Bonchev–Trinajstić information content (AvgIpc) is 2.95. The second kappa shape index (κ2) is 6.05. The molecule has 1 aromatic rings. The van der Waals surface area contributed by atoms with Gasteiger partial charge in [0.25, 0.3) is 0 Å². The molecule has 110 valence electrons. The molecule has 2 atom stereocenters. The number of urea groups is 1. The van der Waals surface area contributed by atoms with Crippen LogP contribution in [0.3, 0.4) is 0 Å². The van der Waals surface area contributed by atoms with E-state index in [1.807, 2.05) is 20.8 Å². The van der Waals surface area contributed by atoms with Crippen LogP contribution in [-0.4, -0.2) is 39.7 Å². The molecule has 1 aliphatic rings. The zero-order valence-electron chi connectivity index (χ0n) is 11.7. The molecule has 0 saturated carbocycles. The molecule has 1 fully saturated rings. The average molecular weight is 314 g/mol. The van der Waals surface area contributed by atoms with Crippen LogP contribution in [0, 0.1) is 13.8 Å². The van der Waals surface area contributed by atoms with Gasteiger partial charge in [-0.25, -0.2) is 9.59 Å². The third kappa shape index (κ3) is 3.09. The van der Waals surface area contributed by atoms with Crippen molar-refractivity contribution in [2.75, 3.05) is 11.6 Å². The minimum atomic E-state index is -0.944. The van der Waals surface area contributed by atoms with Crippen LogP contribution in [0.1, 0.15) is 28.3 Å². The molecule has 0 radical (unpaired) electrons. The SMILES string of the molecule is Cc1cc(C(C)NC(=O)N2CSC[C@H]2C(=O)O)c(C)s1. The van der Waals surface area contributed by atoms with Gasteiger partial charge < -0.3 is 15.3 Å². The van der Waals surface area contributed by atoms with Crippen molar-refractivity contribution in [1.82, 2.24) is 10.2 Å². The second-order valence-electron chi connectivity index (χ2n) is 4.86. The molecular formula is C13H18N2O3S2. The van der Waals surface area contributed by atoms with Gasteiger partial charge in [0.2, 0.25) is 0 Å². The highest BCUT2D eigenvalue weighted by Gasteiger charge is 2.35.